The predicted octanol–water partition coefficient (Wildman–Crippen LogP) is 4.13. The summed E-state index contributed by atoms with van der Waals surface area (Å²) >= 11 is 5.81. The largest absolute Gasteiger partial charge is 0.420 e. The molecule has 29 heavy (non-hydrogen) atoms. The first-order valence-electron chi connectivity index (χ1n) is 8.75. The minimum absolute atomic E-state index is 0.0640. The number of amides is 1. The van der Waals surface area contributed by atoms with Crippen LogP contribution in [0.2, 0.25) is 5.02 Å². The highest BCUT2D eigenvalue weighted by Gasteiger charge is 2.35. The van der Waals surface area contributed by atoms with Gasteiger partial charge in [0, 0.05) is 29.7 Å². The van der Waals surface area contributed by atoms with Crippen molar-refractivity contribution < 1.29 is 18.0 Å². The van der Waals surface area contributed by atoms with Crippen LogP contribution in [0.4, 0.5) is 13.2 Å². The van der Waals surface area contributed by atoms with Gasteiger partial charge in [-0.1, -0.05) is 29.8 Å². The third-order valence-corrected chi connectivity index (χ3v) is 4.79. The number of benzene rings is 1. The van der Waals surface area contributed by atoms with E-state index in [9.17, 15) is 18.0 Å². The van der Waals surface area contributed by atoms with E-state index in [4.69, 9.17) is 11.6 Å². The van der Waals surface area contributed by atoms with Gasteiger partial charge in [-0.3, -0.25) is 9.20 Å². The zero-order valence-corrected chi connectivity index (χ0v) is 15.7. The Hall–Kier alpha value is -3.07. The highest BCUT2D eigenvalue weighted by molar-refractivity contribution is 6.30. The molecule has 10 heteroatoms. The number of rotatable bonds is 5. The number of fused-ring (bicyclic) bond motifs is 2. The lowest BCUT2D eigenvalue weighted by Gasteiger charge is -2.09. The highest BCUT2D eigenvalue weighted by atomic mass is 35.5. The molecule has 0 bridgehead atoms. The molecule has 0 fully saturated rings. The summed E-state index contributed by atoms with van der Waals surface area (Å²) in [7, 11) is 0. The molecular weight excluding hydrogens is 407 g/mol. The van der Waals surface area contributed by atoms with Gasteiger partial charge in [0.05, 0.1) is 11.6 Å². The molecule has 6 nitrogen and oxygen atoms in total. The number of hydrogen-bond acceptors (Lipinski definition) is 3. The van der Waals surface area contributed by atoms with Crippen LogP contribution in [0.15, 0.2) is 42.7 Å². The number of H-pyrrole nitrogens is 1. The van der Waals surface area contributed by atoms with Gasteiger partial charge < -0.3 is 10.3 Å². The Balaban J connectivity index is 1.44. The molecule has 3 heterocycles. The summed E-state index contributed by atoms with van der Waals surface area (Å²) in [4.78, 5) is 15.4. The summed E-state index contributed by atoms with van der Waals surface area (Å²) < 4.78 is 40.6. The Morgan fingerprint density at radius 1 is 1.24 bits per heavy atom. The standard InChI is InChI=1S/C19H15ClF3N5O/c20-12-7-14(19(21,22)23)18-27-26-16(28(18)10-12)9-25-17(29)6-5-11-8-24-15-4-2-1-3-13(11)15/h1-4,7-8,10,24H,5-6,9H2,(H,25,29). The van der Waals surface area contributed by atoms with Gasteiger partial charge in [-0.15, -0.1) is 10.2 Å². The van der Waals surface area contributed by atoms with Crippen molar-refractivity contribution in [3.63, 3.8) is 0 Å². The van der Waals surface area contributed by atoms with Crippen LogP contribution in [0.1, 0.15) is 23.4 Å². The summed E-state index contributed by atoms with van der Waals surface area (Å²) in [5.41, 5.74) is 0.680. The fourth-order valence-electron chi connectivity index (χ4n) is 3.19. The van der Waals surface area contributed by atoms with Crippen molar-refractivity contribution in [2.45, 2.75) is 25.6 Å². The van der Waals surface area contributed by atoms with Crippen LogP contribution in [0.25, 0.3) is 16.6 Å². The average Bonchev–Trinajstić information content (AvgIpc) is 3.27. The fourth-order valence-corrected chi connectivity index (χ4v) is 3.39. The molecule has 0 aliphatic rings. The number of nitrogens with one attached hydrogen (secondary N) is 2. The van der Waals surface area contributed by atoms with E-state index in [1.807, 2.05) is 30.5 Å². The summed E-state index contributed by atoms with van der Waals surface area (Å²) in [5, 5.41) is 11.0. The summed E-state index contributed by atoms with van der Waals surface area (Å²) in [6, 6.07) is 8.58. The smallest absolute Gasteiger partial charge is 0.361 e. The minimum atomic E-state index is -4.61. The molecule has 0 spiro atoms. The first-order valence-corrected chi connectivity index (χ1v) is 9.13. The SMILES string of the molecule is O=C(CCc1c[nH]c2ccccc12)NCc1nnc2c(C(F)(F)F)cc(Cl)cn12. The third-order valence-electron chi connectivity index (χ3n) is 4.59. The van der Waals surface area contributed by atoms with Crippen molar-refractivity contribution in [3.05, 3.63) is 64.7 Å². The lowest BCUT2D eigenvalue weighted by Crippen LogP contribution is -2.24. The Morgan fingerprint density at radius 2 is 2.03 bits per heavy atom. The second kappa shape index (κ2) is 7.40. The summed E-state index contributed by atoms with van der Waals surface area (Å²) in [6.45, 7) is -0.0640. The average molecular weight is 422 g/mol. The predicted molar refractivity (Wildman–Crippen MR) is 101 cm³/mol. The van der Waals surface area contributed by atoms with Gasteiger partial charge in [-0.2, -0.15) is 13.2 Å². The number of para-hydroxylation sites is 1. The van der Waals surface area contributed by atoms with Crippen LogP contribution < -0.4 is 5.32 Å². The van der Waals surface area contributed by atoms with Crippen LogP contribution >= 0.6 is 11.6 Å². The van der Waals surface area contributed by atoms with E-state index in [0.29, 0.717) is 6.42 Å². The van der Waals surface area contributed by atoms with Crippen molar-refractivity contribution in [2.24, 2.45) is 0 Å². The maximum atomic E-state index is 13.2. The maximum absolute atomic E-state index is 13.2. The Kier molecular flexibility index (Phi) is 4.91. The monoisotopic (exact) mass is 421 g/mol. The van der Waals surface area contributed by atoms with Gasteiger partial charge in [-0.05, 0) is 24.1 Å². The molecule has 4 aromatic rings. The van der Waals surface area contributed by atoms with Crippen molar-refractivity contribution in [1.29, 1.82) is 0 Å². The summed E-state index contributed by atoms with van der Waals surface area (Å²) in [5.74, 6) is -0.0847. The first-order chi connectivity index (χ1) is 13.8. The molecule has 150 valence electrons. The van der Waals surface area contributed by atoms with Gasteiger partial charge >= 0.3 is 6.18 Å². The molecule has 0 unspecified atom stereocenters. The van der Waals surface area contributed by atoms with Crippen molar-refractivity contribution in [3.8, 4) is 0 Å². The number of aryl methyl sites for hydroxylation is 1. The Bertz CT molecular complexity index is 1200. The van der Waals surface area contributed by atoms with Crippen molar-refractivity contribution in [1.82, 2.24) is 24.9 Å². The number of aromatic amines is 1. The molecule has 1 aromatic carbocycles. The van der Waals surface area contributed by atoms with E-state index < -0.39 is 11.7 Å². The van der Waals surface area contributed by atoms with Crippen molar-refractivity contribution in [2.75, 3.05) is 0 Å². The molecule has 0 saturated carbocycles. The van der Waals surface area contributed by atoms with E-state index in [1.54, 1.807) is 0 Å². The second-order valence-electron chi connectivity index (χ2n) is 6.52. The number of hydrogen-bond donors (Lipinski definition) is 2. The lowest BCUT2D eigenvalue weighted by atomic mass is 10.1. The zero-order valence-electron chi connectivity index (χ0n) is 14.9. The molecule has 0 aliphatic carbocycles. The maximum Gasteiger partial charge on any atom is 0.420 e. The third kappa shape index (κ3) is 3.91. The van der Waals surface area contributed by atoms with Crippen LogP contribution in [-0.2, 0) is 23.9 Å². The lowest BCUT2D eigenvalue weighted by molar-refractivity contribution is -0.136. The highest BCUT2D eigenvalue weighted by Crippen LogP contribution is 2.33. The number of alkyl halides is 3. The second-order valence-corrected chi connectivity index (χ2v) is 6.95. The molecule has 0 atom stereocenters. The topological polar surface area (TPSA) is 75.1 Å². The van der Waals surface area contributed by atoms with E-state index in [1.165, 1.54) is 6.20 Å². The fraction of sp³-hybridized carbons (Fsp3) is 0.211. The number of halogens is 4. The van der Waals surface area contributed by atoms with E-state index in [0.717, 1.165) is 26.9 Å². The van der Waals surface area contributed by atoms with Crippen LogP contribution in [-0.4, -0.2) is 25.5 Å². The van der Waals surface area contributed by atoms with E-state index in [-0.39, 0.29) is 35.4 Å². The Labute approximate surface area is 167 Å². The van der Waals surface area contributed by atoms with Gasteiger partial charge in [0.2, 0.25) is 5.91 Å². The van der Waals surface area contributed by atoms with E-state index >= 15 is 0 Å². The van der Waals surface area contributed by atoms with Gasteiger partial charge in [0.25, 0.3) is 0 Å². The number of aromatic nitrogens is 4. The first kappa shape index (κ1) is 19.3. The molecular formula is C19H15ClF3N5O. The van der Waals surface area contributed by atoms with Crippen LogP contribution in [0.3, 0.4) is 0 Å². The minimum Gasteiger partial charge on any atom is -0.361 e. The molecule has 0 saturated heterocycles. The molecule has 2 N–H and O–H groups in total. The number of nitrogens with zero attached hydrogens (tertiary/aromatic N) is 3. The summed E-state index contributed by atoms with van der Waals surface area (Å²) in [6.07, 6.45) is -0.698. The molecule has 1 amide bonds. The molecule has 4 rings (SSSR count). The van der Waals surface area contributed by atoms with Gasteiger partial charge in [0.15, 0.2) is 11.5 Å². The quantitative estimate of drug-likeness (QED) is 0.508. The van der Waals surface area contributed by atoms with Gasteiger partial charge in [0.1, 0.15) is 5.56 Å². The molecule has 0 radical (unpaired) electrons. The van der Waals surface area contributed by atoms with Gasteiger partial charge in [-0.25, -0.2) is 0 Å². The molecule has 0 aliphatic heterocycles. The van der Waals surface area contributed by atoms with E-state index in [2.05, 4.69) is 20.5 Å². The van der Waals surface area contributed by atoms with Crippen LogP contribution in [0, 0.1) is 0 Å². The van der Waals surface area contributed by atoms with Crippen LogP contribution in [0.5, 0.6) is 0 Å². The number of carbonyl (C=O) groups excluding carboxylic acids is 1. The zero-order chi connectivity index (χ0) is 20.6. The van der Waals surface area contributed by atoms with Crippen molar-refractivity contribution >= 4 is 34.1 Å². The normalized spacial score (nSPS) is 12.0. The molecule has 3 aromatic heterocycles. The number of carbonyl (C=O) groups is 1. The Morgan fingerprint density at radius 3 is 2.83 bits per heavy atom. The number of pyridine rings is 1.